The van der Waals surface area contributed by atoms with E-state index < -0.39 is 0 Å². The van der Waals surface area contributed by atoms with Gasteiger partial charge in [0.2, 0.25) is 5.89 Å². The second kappa shape index (κ2) is 12.2. The van der Waals surface area contributed by atoms with Crippen LogP contribution in [0.2, 0.25) is 5.02 Å². The van der Waals surface area contributed by atoms with Crippen LogP contribution in [-0.4, -0.2) is 35.3 Å². The van der Waals surface area contributed by atoms with Crippen molar-refractivity contribution < 1.29 is 8.94 Å². The molecule has 2 N–H and O–H groups in total. The predicted molar refractivity (Wildman–Crippen MR) is 202 cm³/mol. The summed E-state index contributed by atoms with van der Waals surface area (Å²) in [6, 6.07) is 35.4. The van der Waals surface area contributed by atoms with Crippen LogP contribution in [0.15, 0.2) is 106 Å². The normalized spacial score (nSPS) is 24.0. The van der Waals surface area contributed by atoms with Crippen molar-refractivity contribution >= 4 is 22.6 Å². The summed E-state index contributed by atoms with van der Waals surface area (Å²) in [7, 11) is 0. The summed E-state index contributed by atoms with van der Waals surface area (Å²) in [5.74, 6) is 2.75. The third-order valence-electron chi connectivity index (χ3n) is 12.4. The molecule has 0 saturated heterocycles. The van der Waals surface area contributed by atoms with Crippen molar-refractivity contribution in [3.63, 3.8) is 0 Å². The maximum Gasteiger partial charge on any atom is 0.226 e. The van der Waals surface area contributed by atoms with Crippen LogP contribution >= 0.6 is 11.6 Å². The van der Waals surface area contributed by atoms with Gasteiger partial charge in [0.05, 0.1) is 11.4 Å². The van der Waals surface area contributed by atoms with E-state index in [-0.39, 0.29) is 10.8 Å². The molecular weight excluding hydrogens is 652 g/mol. The van der Waals surface area contributed by atoms with Gasteiger partial charge in [-0.25, -0.2) is 4.98 Å². The molecule has 10 rings (SSSR count). The van der Waals surface area contributed by atoms with Crippen LogP contribution < -0.4 is 10.6 Å². The highest BCUT2D eigenvalue weighted by molar-refractivity contribution is 6.30. The topological polar surface area (TPSA) is 76.1 Å². The first-order valence-electron chi connectivity index (χ1n) is 18.7. The van der Waals surface area contributed by atoms with Crippen LogP contribution in [-0.2, 0) is 10.8 Å². The summed E-state index contributed by atoms with van der Waals surface area (Å²) in [6.45, 7) is 3.94. The Morgan fingerprint density at radius 3 is 2.08 bits per heavy atom. The van der Waals surface area contributed by atoms with Crippen molar-refractivity contribution in [3.05, 3.63) is 130 Å². The largest absolute Gasteiger partial charge is 0.441 e. The third kappa shape index (κ3) is 5.82. The van der Waals surface area contributed by atoms with Gasteiger partial charge >= 0.3 is 0 Å². The van der Waals surface area contributed by atoms with E-state index in [1.807, 2.05) is 31.2 Å². The zero-order valence-electron chi connectivity index (χ0n) is 29.0. The average molecular weight is 695 g/mol. The van der Waals surface area contributed by atoms with Gasteiger partial charge < -0.3 is 19.6 Å². The Labute approximate surface area is 304 Å². The zero-order valence-corrected chi connectivity index (χ0v) is 29.8. The van der Waals surface area contributed by atoms with Crippen LogP contribution in [0.1, 0.15) is 85.1 Å². The molecule has 0 bridgehead atoms. The van der Waals surface area contributed by atoms with Crippen molar-refractivity contribution in [2.75, 3.05) is 13.1 Å². The Hall–Kier alpha value is -4.23. The lowest BCUT2D eigenvalue weighted by Crippen LogP contribution is -2.45. The van der Waals surface area contributed by atoms with Gasteiger partial charge in [0.25, 0.3) is 0 Å². The number of nitrogens with zero attached hydrogens (tertiary/aromatic N) is 2. The highest BCUT2D eigenvalue weighted by atomic mass is 35.5. The molecule has 2 heterocycles. The minimum Gasteiger partial charge on any atom is -0.441 e. The molecule has 0 aliphatic heterocycles. The van der Waals surface area contributed by atoms with Gasteiger partial charge in [-0.1, -0.05) is 83.8 Å². The van der Waals surface area contributed by atoms with Gasteiger partial charge in [0, 0.05) is 63.8 Å². The van der Waals surface area contributed by atoms with E-state index in [1.54, 1.807) is 0 Å². The highest BCUT2D eigenvalue weighted by Gasteiger charge is 2.50. The van der Waals surface area contributed by atoms with E-state index in [2.05, 4.69) is 83.4 Å². The van der Waals surface area contributed by atoms with Gasteiger partial charge in [-0.3, -0.25) is 0 Å². The number of halogens is 1. The number of fused-ring (bicyclic) bond motifs is 1. The van der Waals surface area contributed by atoms with Crippen LogP contribution in [0.3, 0.4) is 0 Å². The molecule has 4 aromatic carbocycles. The first kappa shape index (κ1) is 31.5. The number of nitrogens with one attached hydrogen (secondary N) is 2. The van der Waals surface area contributed by atoms with E-state index >= 15 is 0 Å². The number of rotatable bonds is 12. The molecule has 2 aromatic heterocycles. The number of aryl methyl sites for hydroxylation is 1. The summed E-state index contributed by atoms with van der Waals surface area (Å²) in [5.41, 5.74) is 9.46. The number of hydrogen-bond acceptors (Lipinski definition) is 6. The number of benzene rings is 4. The molecule has 4 aliphatic carbocycles. The summed E-state index contributed by atoms with van der Waals surface area (Å²) in [5, 5.41) is 14.4. The summed E-state index contributed by atoms with van der Waals surface area (Å²) >= 11 is 6.10. The van der Waals surface area contributed by atoms with Crippen molar-refractivity contribution in [2.24, 2.45) is 0 Å². The quantitative estimate of drug-likeness (QED) is 0.133. The Morgan fingerprint density at radius 1 is 0.706 bits per heavy atom. The molecule has 4 unspecified atom stereocenters. The molecule has 6 aromatic rings. The molecule has 4 aliphatic rings. The van der Waals surface area contributed by atoms with Crippen molar-refractivity contribution in [2.45, 2.75) is 86.6 Å². The lowest BCUT2D eigenvalue weighted by molar-refractivity contribution is 0.218. The van der Waals surface area contributed by atoms with Crippen molar-refractivity contribution in [1.29, 1.82) is 0 Å². The molecule has 4 saturated carbocycles. The van der Waals surface area contributed by atoms with E-state index in [9.17, 15) is 0 Å². The molecule has 4 atom stereocenters. The van der Waals surface area contributed by atoms with Gasteiger partial charge in [0.15, 0.2) is 5.58 Å². The van der Waals surface area contributed by atoms with Crippen LogP contribution in [0, 0.1) is 6.92 Å². The Morgan fingerprint density at radius 2 is 1.37 bits per heavy atom. The summed E-state index contributed by atoms with van der Waals surface area (Å²) in [6.07, 6.45) is 8.22. The van der Waals surface area contributed by atoms with Crippen LogP contribution in [0.4, 0.5) is 0 Å². The molecular formula is C44H43ClN4O2. The van der Waals surface area contributed by atoms with Gasteiger partial charge in [-0.15, -0.1) is 0 Å². The smallest absolute Gasteiger partial charge is 0.226 e. The number of aromatic nitrogens is 2. The zero-order chi connectivity index (χ0) is 34.2. The maximum absolute atomic E-state index is 6.13. The lowest BCUT2D eigenvalue weighted by Gasteiger charge is -2.40. The predicted octanol–water partition coefficient (Wildman–Crippen LogP) is 9.86. The average Bonchev–Trinajstić information content (AvgIpc) is 4.10. The van der Waals surface area contributed by atoms with E-state index in [4.69, 9.17) is 30.7 Å². The van der Waals surface area contributed by atoms with E-state index in [1.165, 1.54) is 35.1 Å². The number of oxazole rings is 1. The van der Waals surface area contributed by atoms with E-state index in [0.717, 1.165) is 78.9 Å². The summed E-state index contributed by atoms with van der Waals surface area (Å²) < 4.78 is 12.2. The van der Waals surface area contributed by atoms with E-state index in [0.29, 0.717) is 34.8 Å². The first-order chi connectivity index (χ1) is 25.0. The molecule has 0 spiro atoms. The minimum atomic E-state index is 0.0644. The molecule has 0 radical (unpaired) electrons. The Bertz CT molecular complexity index is 2220. The summed E-state index contributed by atoms with van der Waals surface area (Å²) in [4.78, 5) is 4.98. The maximum atomic E-state index is 6.13. The molecule has 0 amide bonds. The fourth-order valence-corrected chi connectivity index (χ4v) is 8.86. The lowest BCUT2D eigenvalue weighted by atomic mass is 9.66. The second-order valence-electron chi connectivity index (χ2n) is 15.8. The number of hydrogen-bond donors (Lipinski definition) is 2. The second-order valence-corrected chi connectivity index (χ2v) is 16.2. The molecule has 51 heavy (non-hydrogen) atoms. The third-order valence-corrected chi connectivity index (χ3v) is 12.6. The van der Waals surface area contributed by atoms with Crippen molar-refractivity contribution in [1.82, 2.24) is 20.8 Å². The van der Waals surface area contributed by atoms with Crippen LogP contribution in [0.25, 0.3) is 33.6 Å². The molecule has 6 nitrogen and oxygen atoms in total. The Kier molecular flexibility index (Phi) is 7.53. The van der Waals surface area contributed by atoms with Crippen molar-refractivity contribution in [3.8, 4) is 22.6 Å². The van der Waals surface area contributed by atoms with Gasteiger partial charge in [0.1, 0.15) is 5.76 Å². The Balaban J connectivity index is 0.796. The minimum absolute atomic E-state index is 0.0644. The monoisotopic (exact) mass is 694 g/mol. The van der Waals surface area contributed by atoms with Gasteiger partial charge in [-0.05, 0) is 104 Å². The standard InChI is InChI=1S/C44H43ClN4O2/c1-27-40(48-42(50-27)29-11-14-33(45)15-12-29)44(19-20-44)26-47-38-24-36(38)32-10-5-9-30(21-32)31-13-16-34-39(22-31)51-49-41(34)43(17-6-18-43)25-46-37-23-35(37)28-7-3-2-4-8-28/h2-5,7-16,21-22,35-38,46-47H,6,17-20,23-26H2,1H3. The molecule has 7 heteroatoms. The highest BCUT2D eigenvalue weighted by Crippen LogP contribution is 2.51. The molecule has 4 fully saturated rings. The van der Waals surface area contributed by atoms with Gasteiger partial charge in [-0.2, -0.15) is 0 Å². The fraction of sp³-hybridized carbons (Fsp3) is 0.364. The van der Waals surface area contributed by atoms with Crippen LogP contribution in [0.5, 0.6) is 0 Å². The SMILES string of the molecule is Cc1oc(-c2ccc(Cl)cc2)nc1C1(CNC2CC2c2cccc(-c3ccc4c(C5(CNC6CC6c6ccccc6)CCC5)noc4c3)c2)CC1. The first-order valence-corrected chi connectivity index (χ1v) is 19.1. The fourth-order valence-electron chi connectivity index (χ4n) is 8.73. The molecule has 258 valence electrons.